The number of hydrogen-bond acceptors (Lipinski definition) is 1. The molecule has 1 nitrogen and oxygen atoms in total. The van der Waals surface area contributed by atoms with E-state index in [1.165, 1.54) is 18.2 Å². The van der Waals surface area contributed by atoms with Crippen molar-refractivity contribution in [1.82, 2.24) is 0 Å². The lowest BCUT2D eigenvalue weighted by molar-refractivity contribution is -0.138. The molecule has 7 heteroatoms. The fourth-order valence-corrected chi connectivity index (χ4v) is 2.14. The van der Waals surface area contributed by atoms with Crippen molar-refractivity contribution in [2.24, 2.45) is 5.73 Å². The summed E-state index contributed by atoms with van der Waals surface area (Å²) in [7, 11) is 0. The number of nitrogens with two attached hydrogens (primary N) is 1. The van der Waals surface area contributed by atoms with E-state index < -0.39 is 18.6 Å². The molecule has 0 aliphatic rings. The summed E-state index contributed by atoms with van der Waals surface area (Å²) in [6, 6.07) is 3.45. The maximum atomic E-state index is 12.1. The molecule has 0 aliphatic heterocycles. The van der Waals surface area contributed by atoms with Crippen molar-refractivity contribution < 1.29 is 13.2 Å². The lowest BCUT2D eigenvalue weighted by atomic mass is 10.0. The van der Waals surface area contributed by atoms with Crippen LogP contribution in [-0.2, 0) is 0 Å². The van der Waals surface area contributed by atoms with Gasteiger partial charge in [-0.1, -0.05) is 33.6 Å². The lowest BCUT2D eigenvalue weighted by Crippen LogP contribution is -2.20. The molecule has 0 bridgehead atoms. The first-order valence-electron chi connectivity index (χ1n) is 4.07. The molecule has 0 aliphatic carbocycles. The highest BCUT2D eigenvalue weighted by Gasteiger charge is 2.31. The van der Waals surface area contributed by atoms with E-state index in [1.54, 1.807) is 0 Å². The average Bonchev–Trinajstić information content (AvgIpc) is 1.99. The molecule has 0 saturated heterocycles. The van der Waals surface area contributed by atoms with Crippen molar-refractivity contribution in [3.8, 4) is 0 Å². The Hall–Kier alpha value is 0.0300. The van der Waals surface area contributed by atoms with Crippen molar-refractivity contribution in [1.29, 1.82) is 0 Å². The van der Waals surface area contributed by atoms with Gasteiger partial charge >= 0.3 is 6.18 Å². The Kier molecular flexibility index (Phi) is 6.11. The number of benzene rings is 1. The highest BCUT2D eigenvalue weighted by atomic mass is 79.9. The number of alkyl halides is 3. The van der Waals surface area contributed by atoms with Gasteiger partial charge in [-0.25, -0.2) is 0 Å². The van der Waals surface area contributed by atoms with Gasteiger partial charge in [-0.2, -0.15) is 13.2 Å². The van der Waals surface area contributed by atoms with Gasteiger partial charge in [-0.05, 0) is 17.7 Å². The predicted octanol–water partition coefficient (Wildman–Crippen LogP) is 4.48. The highest BCUT2D eigenvalue weighted by Crippen LogP contribution is 2.32. The predicted molar refractivity (Wildman–Crippen MR) is 64.0 cm³/mol. The van der Waals surface area contributed by atoms with Gasteiger partial charge in [0.15, 0.2) is 0 Å². The summed E-state index contributed by atoms with van der Waals surface area (Å²) in [6.45, 7) is 0. The number of hydrogen-bond donors (Lipinski definition) is 1. The number of rotatable bonds is 2. The minimum atomic E-state index is -4.27. The van der Waals surface area contributed by atoms with Gasteiger partial charge in [0.2, 0.25) is 0 Å². The third kappa shape index (κ3) is 4.91. The molecule has 92 valence electrons. The van der Waals surface area contributed by atoms with E-state index in [0.29, 0.717) is 15.1 Å². The highest BCUT2D eigenvalue weighted by molar-refractivity contribution is 9.10. The van der Waals surface area contributed by atoms with Crippen LogP contribution in [0, 0.1) is 0 Å². The van der Waals surface area contributed by atoms with Crippen LogP contribution in [-0.4, -0.2) is 6.18 Å². The maximum Gasteiger partial charge on any atom is 0.390 e. The van der Waals surface area contributed by atoms with E-state index in [0.717, 1.165) is 0 Å². The monoisotopic (exact) mass is 337 g/mol. The lowest BCUT2D eigenvalue weighted by Gasteiger charge is -2.15. The summed E-state index contributed by atoms with van der Waals surface area (Å²) in [6.07, 6.45) is -5.31. The van der Waals surface area contributed by atoms with Gasteiger partial charge in [-0.3, -0.25) is 0 Å². The van der Waals surface area contributed by atoms with Crippen molar-refractivity contribution in [2.75, 3.05) is 0 Å². The topological polar surface area (TPSA) is 26.0 Å². The first-order chi connectivity index (χ1) is 6.79. The molecule has 2 N–H and O–H groups in total. The molecule has 1 rings (SSSR count). The number of halogens is 6. The van der Waals surface area contributed by atoms with E-state index in [9.17, 15) is 13.2 Å². The second-order valence-corrected chi connectivity index (χ2v) is 4.38. The molecular weight excluding hydrogens is 330 g/mol. The van der Waals surface area contributed by atoms with Crippen molar-refractivity contribution >= 4 is 39.9 Å². The van der Waals surface area contributed by atoms with Crippen LogP contribution in [0.2, 0.25) is 5.02 Å². The Morgan fingerprint density at radius 2 is 1.94 bits per heavy atom. The van der Waals surface area contributed by atoms with E-state index in [-0.39, 0.29) is 12.4 Å². The van der Waals surface area contributed by atoms with Crippen molar-refractivity contribution in [3.63, 3.8) is 0 Å². The minimum Gasteiger partial charge on any atom is -0.324 e. The summed E-state index contributed by atoms with van der Waals surface area (Å²) < 4.78 is 36.7. The van der Waals surface area contributed by atoms with Gasteiger partial charge in [0.05, 0.1) is 6.42 Å². The zero-order chi connectivity index (χ0) is 11.6. The molecular formula is C9H9BrCl2F3N. The SMILES string of the molecule is Cl.N[C@@H](CC(F)(F)F)c1ccc(Cl)cc1Br. The normalized spacial score (nSPS) is 13.1. The molecule has 0 saturated carbocycles. The first-order valence-corrected chi connectivity index (χ1v) is 5.24. The summed E-state index contributed by atoms with van der Waals surface area (Å²) in [5.41, 5.74) is 5.84. The third-order valence-electron chi connectivity index (χ3n) is 1.81. The van der Waals surface area contributed by atoms with Crippen LogP contribution in [0.4, 0.5) is 13.2 Å². The van der Waals surface area contributed by atoms with Gasteiger partial charge in [0.1, 0.15) is 0 Å². The molecule has 0 radical (unpaired) electrons. The van der Waals surface area contributed by atoms with Crippen LogP contribution >= 0.6 is 39.9 Å². The van der Waals surface area contributed by atoms with Crippen LogP contribution < -0.4 is 5.73 Å². The van der Waals surface area contributed by atoms with Crippen LogP contribution in [0.1, 0.15) is 18.0 Å². The van der Waals surface area contributed by atoms with Gasteiger partial charge in [0, 0.05) is 15.5 Å². The Morgan fingerprint density at radius 3 is 2.38 bits per heavy atom. The van der Waals surface area contributed by atoms with Crippen molar-refractivity contribution in [3.05, 3.63) is 33.3 Å². The maximum absolute atomic E-state index is 12.1. The van der Waals surface area contributed by atoms with Gasteiger partial charge in [0.25, 0.3) is 0 Å². The van der Waals surface area contributed by atoms with Crippen LogP contribution in [0.15, 0.2) is 22.7 Å². The summed E-state index contributed by atoms with van der Waals surface area (Å²) in [5.74, 6) is 0. The summed E-state index contributed by atoms with van der Waals surface area (Å²) in [4.78, 5) is 0. The molecule has 1 atom stereocenters. The Labute approximate surface area is 111 Å². The van der Waals surface area contributed by atoms with E-state index in [1.807, 2.05) is 0 Å². The second-order valence-electron chi connectivity index (χ2n) is 3.09. The molecule has 0 heterocycles. The van der Waals surface area contributed by atoms with E-state index in [2.05, 4.69) is 15.9 Å². The Bertz CT molecular complexity index is 357. The zero-order valence-corrected chi connectivity index (χ0v) is 11.1. The Morgan fingerprint density at radius 1 is 1.38 bits per heavy atom. The molecule has 0 fully saturated rings. The smallest absolute Gasteiger partial charge is 0.324 e. The summed E-state index contributed by atoms with van der Waals surface area (Å²) >= 11 is 8.79. The van der Waals surface area contributed by atoms with E-state index >= 15 is 0 Å². The molecule has 1 aromatic carbocycles. The third-order valence-corrected chi connectivity index (χ3v) is 2.74. The fraction of sp³-hybridized carbons (Fsp3) is 0.333. The molecule has 0 aromatic heterocycles. The molecule has 16 heavy (non-hydrogen) atoms. The Balaban J connectivity index is 0.00000225. The van der Waals surface area contributed by atoms with Gasteiger partial charge in [-0.15, -0.1) is 12.4 Å². The fourth-order valence-electron chi connectivity index (χ4n) is 1.16. The molecule has 1 aromatic rings. The van der Waals surface area contributed by atoms with Crippen LogP contribution in [0.5, 0.6) is 0 Å². The van der Waals surface area contributed by atoms with Crippen molar-refractivity contribution in [2.45, 2.75) is 18.6 Å². The van der Waals surface area contributed by atoms with Crippen LogP contribution in [0.3, 0.4) is 0 Å². The minimum absolute atomic E-state index is 0. The van der Waals surface area contributed by atoms with E-state index in [4.69, 9.17) is 17.3 Å². The molecule has 0 unspecified atom stereocenters. The second kappa shape index (κ2) is 6.10. The largest absolute Gasteiger partial charge is 0.390 e. The summed E-state index contributed by atoms with van der Waals surface area (Å²) in [5, 5.41) is 0.449. The van der Waals surface area contributed by atoms with Gasteiger partial charge < -0.3 is 5.73 Å². The first kappa shape index (κ1) is 16.0. The standard InChI is InChI=1S/C9H8BrClF3N.ClH/c10-7-3-5(11)1-2-6(7)8(15)4-9(12,13)14;/h1-3,8H,4,15H2;1H/t8-;/m0./s1. The van der Waals surface area contributed by atoms with Crippen LogP contribution in [0.25, 0.3) is 0 Å². The quantitative estimate of drug-likeness (QED) is 0.845. The molecule has 0 amide bonds. The zero-order valence-electron chi connectivity index (χ0n) is 7.89. The molecule has 0 spiro atoms. The average molecular weight is 339 g/mol.